The molecule has 0 aliphatic carbocycles. The summed E-state index contributed by atoms with van der Waals surface area (Å²) in [5, 5.41) is 0. The number of thiophene rings is 1. The van der Waals surface area contributed by atoms with Gasteiger partial charge in [-0.15, -0.1) is 11.3 Å². The Kier molecular flexibility index (Phi) is 3.21. The van der Waals surface area contributed by atoms with Gasteiger partial charge < -0.3 is 0 Å². The van der Waals surface area contributed by atoms with Crippen molar-refractivity contribution in [1.82, 2.24) is 4.98 Å². The summed E-state index contributed by atoms with van der Waals surface area (Å²) in [6, 6.07) is 4.03. The maximum absolute atomic E-state index is 12.8. The fourth-order valence-electron chi connectivity index (χ4n) is 1.51. The summed E-state index contributed by atoms with van der Waals surface area (Å²) in [6.07, 6.45) is -2.57. The first-order valence-corrected chi connectivity index (χ1v) is 5.83. The van der Waals surface area contributed by atoms with Crippen molar-refractivity contribution in [3.05, 3.63) is 51.5 Å². The first-order chi connectivity index (χ1) is 8.39. The first kappa shape index (κ1) is 12.8. The highest BCUT2D eigenvalue weighted by Crippen LogP contribution is 2.33. The Morgan fingerprint density at radius 3 is 2.56 bits per heavy atom. The van der Waals surface area contributed by atoms with E-state index in [4.69, 9.17) is 0 Å². The number of hydrogen-bond acceptors (Lipinski definition) is 3. The van der Waals surface area contributed by atoms with Gasteiger partial charge in [-0.05, 0) is 25.1 Å². The van der Waals surface area contributed by atoms with E-state index in [1.807, 2.05) is 0 Å². The van der Waals surface area contributed by atoms with E-state index in [1.165, 1.54) is 17.4 Å². The van der Waals surface area contributed by atoms with E-state index in [9.17, 15) is 18.0 Å². The summed E-state index contributed by atoms with van der Waals surface area (Å²) >= 11 is 1.17. The molecule has 2 heterocycles. The topological polar surface area (TPSA) is 30.0 Å². The number of hydrogen-bond donors (Lipinski definition) is 0. The number of alkyl halides is 3. The Morgan fingerprint density at radius 2 is 2.00 bits per heavy atom. The lowest BCUT2D eigenvalue weighted by atomic mass is 10.1. The van der Waals surface area contributed by atoms with E-state index >= 15 is 0 Å². The van der Waals surface area contributed by atoms with Gasteiger partial charge in [-0.25, -0.2) is 0 Å². The van der Waals surface area contributed by atoms with Crippen molar-refractivity contribution in [2.24, 2.45) is 0 Å². The molecule has 0 aliphatic rings. The molecule has 0 saturated carbocycles. The molecule has 0 atom stereocenters. The monoisotopic (exact) mass is 271 g/mol. The molecule has 0 saturated heterocycles. The molecule has 2 aromatic heterocycles. The predicted molar refractivity (Wildman–Crippen MR) is 61.7 cm³/mol. The minimum Gasteiger partial charge on any atom is -0.288 e. The number of carbonyl (C=O) groups excluding carboxylic acids is 1. The Labute approximate surface area is 105 Å². The molecule has 2 aromatic rings. The van der Waals surface area contributed by atoms with Crippen LogP contribution in [0.3, 0.4) is 0 Å². The van der Waals surface area contributed by atoms with E-state index < -0.39 is 23.1 Å². The molecule has 2 rings (SSSR count). The fourth-order valence-corrected chi connectivity index (χ4v) is 2.33. The van der Waals surface area contributed by atoms with Crippen LogP contribution in [-0.2, 0) is 6.18 Å². The summed E-state index contributed by atoms with van der Waals surface area (Å²) < 4.78 is 38.3. The van der Waals surface area contributed by atoms with Crippen LogP contribution < -0.4 is 0 Å². The molecule has 94 valence electrons. The quantitative estimate of drug-likeness (QED) is 0.779. The average molecular weight is 271 g/mol. The summed E-state index contributed by atoms with van der Waals surface area (Å²) in [5.74, 6) is -0.645. The minimum atomic E-state index is -4.56. The van der Waals surface area contributed by atoms with E-state index in [-0.39, 0.29) is 4.88 Å². The largest absolute Gasteiger partial charge is 0.417 e. The number of nitrogens with zero attached hydrogens (tertiary/aromatic N) is 1. The van der Waals surface area contributed by atoms with Gasteiger partial charge in [0, 0.05) is 17.3 Å². The van der Waals surface area contributed by atoms with Crippen molar-refractivity contribution in [2.75, 3.05) is 0 Å². The zero-order valence-electron chi connectivity index (χ0n) is 9.28. The van der Waals surface area contributed by atoms with Gasteiger partial charge in [0.1, 0.15) is 0 Å². The third kappa shape index (κ3) is 2.43. The molecule has 0 radical (unpaired) electrons. The number of pyridine rings is 1. The molecule has 18 heavy (non-hydrogen) atoms. The van der Waals surface area contributed by atoms with Crippen LogP contribution in [0, 0.1) is 6.92 Å². The second-order valence-corrected chi connectivity index (χ2v) is 4.95. The SMILES string of the molecule is Cc1ccc(C(=O)c2cnccc2C(F)(F)F)s1. The molecule has 0 aromatic carbocycles. The Bertz CT molecular complexity index is 589. The molecule has 0 fully saturated rings. The maximum Gasteiger partial charge on any atom is 0.417 e. The lowest BCUT2D eigenvalue weighted by Gasteiger charge is -2.10. The van der Waals surface area contributed by atoms with Crippen molar-refractivity contribution in [2.45, 2.75) is 13.1 Å². The molecule has 0 amide bonds. The van der Waals surface area contributed by atoms with Gasteiger partial charge in [-0.3, -0.25) is 9.78 Å². The standard InChI is InChI=1S/C12H8F3NOS/c1-7-2-3-10(18-7)11(17)8-6-16-5-4-9(8)12(13,14)15/h2-6H,1H3. The smallest absolute Gasteiger partial charge is 0.288 e. The van der Waals surface area contributed by atoms with E-state index in [0.29, 0.717) is 0 Å². The minimum absolute atomic E-state index is 0.283. The lowest BCUT2D eigenvalue weighted by Crippen LogP contribution is -2.13. The zero-order chi connectivity index (χ0) is 13.3. The van der Waals surface area contributed by atoms with Crippen LogP contribution in [0.1, 0.15) is 25.7 Å². The maximum atomic E-state index is 12.8. The van der Waals surface area contributed by atoms with Crippen molar-refractivity contribution in [3.63, 3.8) is 0 Å². The fraction of sp³-hybridized carbons (Fsp3) is 0.167. The van der Waals surface area contributed by atoms with E-state index in [0.717, 1.165) is 23.3 Å². The molecule has 0 bridgehead atoms. The lowest BCUT2D eigenvalue weighted by molar-refractivity contribution is -0.137. The number of aryl methyl sites for hydroxylation is 1. The number of carbonyl (C=O) groups is 1. The number of halogens is 3. The Hall–Kier alpha value is -1.69. The average Bonchev–Trinajstić information content (AvgIpc) is 2.74. The highest BCUT2D eigenvalue weighted by atomic mass is 32.1. The van der Waals surface area contributed by atoms with Gasteiger partial charge in [0.25, 0.3) is 0 Å². The van der Waals surface area contributed by atoms with Gasteiger partial charge >= 0.3 is 6.18 Å². The third-order valence-electron chi connectivity index (χ3n) is 2.34. The highest BCUT2D eigenvalue weighted by Gasteiger charge is 2.35. The van der Waals surface area contributed by atoms with Crippen LogP contribution in [-0.4, -0.2) is 10.8 Å². The van der Waals surface area contributed by atoms with Crippen LogP contribution >= 0.6 is 11.3 Å². The number of aromatic nitrogens is 1. The Balaban J connectivity index is 2.49. The molecule has 0 unspecified atom stereocenters. The van der Waals surface area contributed by atoms with Gasteiger partial charge in [0.05, 0.1) is 16.0 Å². The normalized spacial score (nSPS) is 11.6. The van der Waals surface area contributed by atoms with Gasteiger partial charge in [-0.2, -0.15) is 13.2 Å². The van der Waals surface area contributed by atoms with Crippen LogP contribution in [0.25, 0.3) is 0 Å². The molecule has 6 heteroatoms. The molecular weight excluding hydrogens is 263 g/mol. The summed E-state index contributed by atoms with van der Waals surface area (Å²) in [6.45, 7) is 1.79. The van der Waals surface area contributed by atoms with Crippen molar-refractivity contribution >= 4 is 17.1 Å². The number of ketones is 1. The zero-order valence-corrected chi connectivity index (χ0v) is 10.1. The molecule has 0 spiro atoms. The molecule has 2 nitrogen and oxygen atoms in total. The Morgan fingerprint density at radius 1 is 1.28 bits per heavy atom. The van der Waals surface area contributed by atoms with Crippen LogP contribution in [0.4, 0.5) is 13.2 Å². The van der Waals surface area contributed by atoms with E-state index in [2.05, 4.69) is 4.98 Å². The van der Waals surface area contributed by atoms with E-state index in [1.54, 1.807) is 13.0 Å². The van der Waals surface area contributed by atoms with Gasteiger partial charge in [0.2, 0.25) is 5.78 Å². The second-order valence-electron chi connectivity index (χ2n) is 3.66. The summed E-state index contributed by atoms with van der Waals surface area (Å²) in [4.78, 5) is 16.7. The molecular formula is C12H8F3NOS. The molecule has 0 aliphatic heterocycles. The van der Waals surface area contributed by atoms with Crippen molar-refractivity contribution in [3.8, 4) is 0 Å². The van der Waals surface area contributed by atoms with Crippen LogP contribution in [0.2, 0.25) is 0 Å². The van der Waals surface area contributed by atoms with Gasteiger partial charge in [-0.1, -0.05) is 0 Å². The first-order valence-electron chi connectivity index (χ1n) is 5.02. The van der Waals surface area contributed by atoms with Crippen LogP contribution in [0.15, 0.2) is 30.6 Å². The van der Waals surface area contributed by atoms with Crippen LogP contribution in [0.5, 0.6) is 0 Å². The number of rotatable bonds is 2. The second kappa shape index (κ2) is 4.53. The predicted octanol–water partition coefficient (Wildman–Crippen LogP) is 3.70. The third-order valence-corrected chi connectivity index (χ3v) is 3.33. The summed E-state index contributed by atoms with van der Waals surface area (Å²) in [5.41, 5.74) is -1.36. The van der Waals surface area contributed by atoms with Crippen molar-refractivity contribution in [1.29, 1.82) is 0 Å². The van der Waals surface area contributed by atoms with Gasteiger partial charge in [0.15, 0.2) is 0 Å². The molecule has 0 N–H and O–H groups in total. The van der Waals surface area contributed by atoms with Crippen molar-refractivity contribution < 1.29 is 18.0 Å². The highest BCUT2D eigenvalue weighted by molar-refractivity contribution is 7.14. The summed E-state index contributed by atoms with van der Waals surface area (Å²) in [7, 11) is 0.